The first kappa shape index (κ1) is 22.7. The van der Waals surface area contributed by atoms with Crippen molar-refractivity contribution in [2.24, 2.45) is 5.92 Å². The molecule has 32 heavy (non-hydrogen) atoms. The highest BCUT2D eigenvalue weighted by atomic mass is 16.5. The highest BCUT2D eigenvalue weighted by molar-refractivity contribution is 5.79. The Hall–Kier alpha value is -2.53. The van der Waals surface area contributed by atoms with Crippen LogP contribution in [0.4, 0.5) is 0 Å². The molecule has 5 nitrogen and oxygen atoms in total. The predicted octanol–water partition coefficient (Wildman–Crippen LogP) is 4.63. The number of hydrogen-bond donors (Lipinski definition) is 2. The van der Waals surface area contributed by atoms with Crippen molar-refractivity contribution >= 4 is 5.91 Å². The zero-order valence-corrected chi connectivity index (χ0v) is 19.5. The summed E-state index contributed by atoms with van der Waals surface area (Å²) in [4.78, 5) is 15.0. The summed E-state index contributed by atoms with van der Waals surface area (Å²) in [7, 11) is 0. The molecule has 2 aromatic carbocycles. The van der Waals surface area contributed by atoms with Crippen molar-refractivity contribution in [2.45, 2.75) is 71.1 Å². The molecule has 3 atom stereocenters. The van der Waals surface area contributed by atoms with Gasteiger partial charge in [0.2, 0.25) is 5.91 Å². The number of carbonyl (C=O) groups excluding carboxylic acids is 1. The fourth-order valence-corrected chi connectivity index (χ4v) is 5.02. The van der Waals surface area contributed by atoms with E-state index < -0.39 is 0 Å². The highest BCUT2D eigenvalue weighted by Crippen LogP contribution is 2.35. The fourth-order valence-electron chi connectivity index (χ4n) is 5.02. The Balaban J connectivity index is 1.50. The molecule has 0 spiro atoms. The normalized spacial score (nSPS) is 21.8. The molecule has 2 N–H and O–H groups in total. The lowest BCUT2D eigenvalue weighted by atomic mass is 9.87. The van der Waals surface area contributed by atoms with Crippen LogP contribution in [-0.4, -0.2) is 41.1 Å². The molecule has 5 heteroatoms. The maximum atomic E-state index is 13.0. The molecule has 4 rings (SSSR count). The average molecular weight is 437 g/mol. The van der Waals surface area contributed by atoms with Gasteiger partial charge in [-0.1, -0.05) is 38.5 Å². The molecule has 1 fully saturated rings. The van der Waals surface area contributed by atoms with Crippen LogP contribution in [0.25, 0.3) is 0 Å². The summed E-state index contributed by atoms with van der Waals surface area (Å²) in [6.07, 6.45) is 5.33. The summed E-state index contributed by atoms with van der Waals surface area (Å²) in [6, 6.07) is 14.3. The monoisotopic (exact) mass is 436 g/mol. The molecule has 1 saturated heterocycles. The van der Waals surface area contributed by atoms with E-state index in [1.54, 1.807) is 6.07 Å². The Morgan fingerprint density at radius 3 is 2.62 bits per heavy atom. The first-order chi connectivity index (χ1) is 15.4. The van der Waals surface area contributed by atoms with Gasteiger partial charge >= 0.3 is 0 Å². The van der Waals surface area contributed by atoms with Crippen molar-refractivity contribution in [1.82, 2.24) is 10.2 Å². The van der Waals surface area contributed by atoms with Gasteiger partial charge < -0.3 is 20.1 Å². The molecule has 0 bridgehead atoms. The molecule has 0 aromatic heterocycles. The van der Waals surface area contributed by atoms with Crippen LogP contribution in [0.5, 0.6) is 11.5 Å². The molecule has 1 amide bonds. The van der Waals surface area contributed by atoms with E-state index in [0.717, 1.165) is 42.7 Å². The van der Waals surface area contributed by atoms with E-state index >= 15 is 0 Å². The van der Waals surface area contributed by atoms with Crippen molar-refractivity contribution in [2.75, 3.05) is 13.1 Å². The lowest BCUT2D eigenvalue weighted by Gasteiger charge is -2.38. The van der Waals surface area contributed by atoms with E-state index in [1.807, 2.05) is 43.0 Å². The molecule has 0 radical (unpaired) electrons. The van der Waals surface area contributed by atoms with Crippen LogP contribution >= 0.6 is 0 Å². The number of nitrogens with zero attached hydrogens (tertiary/aromatic N) is 1. The van der Waals surface area contributed by atoms with Gasteiger partial charge in [0.1, 0.15) is 17.6 Å². The van der Waals surface area contributed by atoms with Gasteiger partial charge in [-0.05, 0) is 80.1 Å². The smallest absolute Gasteiger partial charge is 0.225 e. The second-order valence-corrected chi connectivity index (χ2v) is 9.56. The van der Waals surface area contributed by atoms with Gasteiger partial charge in [-0.25, -0.2) is 0 Å². The summed E-state index contributed by atoms with van der Waals surface area (Å²) in [5, 5.41) is 13.5. The number of benzene rings is 2. The Morgan fingerprint density at radius 2 is 1.94 bits per heavy atom. The summed E-state index contributed by atoms with van der Waals surface area (Å²) in [6.45, 7) is 7.82. The Morgan fingerprint density at radius 1 is 1.16 bits per heavy atom. The largest absolute Gasteiger partial charge is 0.508 e. The summed E-state index contributed by atoms with van der Waals surface area (Å²) >= 11 is 0. The maximum Gasteiger partial charge on any atom is 0.225 e. The number of rotatable bonds is 6. The molecule has 2 aliphatic heterocycles. The van der Waals surface area contributed by atoms with Crippen molar-refractivity contribution < 1.29 is 14.6 Å². The van der Waals surface area contributed by atoms with Crippen LogP contribution in [0, 0.1) is 5.92 Å². The lowest BCUT2D eigenvalue weighted by Crippen LogP contribution is -2.44. The molecule has 0 aliphatic carbocycles. The second-order valence-electron chi connectivity index (χ2n) is 9.56. The van der Waals surface area contributed by atoms with Gasteiger partial charge in [0.25, 0.3) is 0 Å². The number of piperidine rings is 1. The van der Waals surface area contributed by atoms with Crippen LogP contribution in [0.2, 0.25) is 0 Å². The number of aromatic hydroxyl groups is 1. The topological polar surface area (TPSA) is 61.8 Å². The molecule has 2 aromatic rings. The number of amides is 1. The quantitative estimate of drug-likeness (QED) is 0.693. The van der Waals surface area contributed by atoms with Crippen LogP contribution in [-0.2, 0) is 17.6 Å². The van der Waals surface area contributed by atoms with Gasteiger partial charge in [0, 0.05) is 18.5 Å². The third kappa shape index (κ3) is 5.09. The van der Waals surface area contributed by atoms with Gasteiger partial charge in [0.05, 0.1) is 6.04 Å². The number of hydrogen-bond acceptors (Lipinski definition) is 4. The molecule has 3 unspecified atom stereocenters. The third-order valence-electron chi connectivity index (χ3n) is 6.85. The van der Waals surface area contributed by atoms with Gasteiger partial charge in [-0.2, -0.15) is 0 Å². The Bertz CT molecular complexity index is 919. The van der Waals surface area contributed by atoms with Crippen LogP contribution < -0.4 is 10.1 Å². The molecule has 2 heterocycles. The number of phenols is 1. The minimum Gasteiger partial charge on any atom is -0.508 e. The van der Waals surface area contributed by atoms with E-state index in [9.17, 15) is 9.90 Å². The number of nitrogens with one attached hydrogen (secondary N) is 1. The minimum atomic E-state index is -0.0400. The number of carbonyl (C=O) groups is 1. The second kappa shape index (κ2) is 9.95. The predicted molar refractivity (Wildman–Crippen MR) is 127 cm³/mol. The van der Waals surface area contributed by atoms with Crippen LogP contribution in [0.15, 0.2) is 42.5 Å². The number of ether oxygens (including phenoxy) is 1. The third-order valence-corrected chi connectivity index (χ3v) is 6.85. The van der Waals surface area contributed by atoms with Crippen molar-refractivity contribution in [3.8, 4) is 11.5 Å². The van der Waals surface area contributed by atoms with Gasteiger partial charge in [-0.15, -0.1) is 0 Å². The van der Waals surface area contributed by atoms with E-state index in [4.69, 9.17) is 4.74 Å². The van der Waals surface area contributed by atoms with E-state index in [1.165, 1.54) is 18.4 Å². The summed E-state index contributed by atoms with van der Waals surface area (Å²) < 4.78 is 6.20. The average Bonchev–Trinajstić information content (AvgIpc) is 2.80. The molecule has 0 saturated carbocycles. The zero-order valence-electron chi connectivity index (χ0n) is 19.5. The van der Waals surface area contributed by atoms with E-state index in [0.29, 0.717) is 12.6 Å². The highest BCUT2D eigenvalue weighted by Gasteiger charge is 2.32. The number of phenolic OH excluding ortho intramolecular Hbond substituents is 1. The maximum absolute atomic E-state index is 13.0. The SMILES string of the molecule is CC(C)C(=O)N1CCc2cc(O)ccc2C1Cc1ccc(OC(C)C2CCCCN2)cc1. The molecule has 2 aliphatic rings. The Kier molecular flexibility index (Phi) is 7.04. The van der Waals surface area contributed by atoms with Crippen LogP contribution in [0.1, 0.15) is 62.8 Å². The van der Waals surface area contributed by atoms with Gasteiger partial charge in [0.15, 0.2) is 0 Å². The standard InChI is InChI=1S/C27H36N2O3/c1-18(2)27(31)29-15-13-21-17-22(30)9-12-24(21)26(29)16-20-7-10-23(11-8-20)32-19(3)25-6-4-5-14-28-25/h7-12,17-19,25-26,28,30H,4-6,13-16H2,1-3H3. The van der Waals surface area contributed by atoms with Gasteiger partial charge in [-0.3, -0.25) is 4.79 Å². The molecule has 172 valence electrons. The van der Waals surface area contributed by atoms with Crippen molar-refractivity contribution in [1.29, 1.82) is 0 Å². The molecular weight excluding hydrogens is 400 g/mol. The Labute approximate surface area is 191 Å². The lowest BCUT2D eigenvalue weighted by molar-refractivity contribution is -0.137. The summed E-state index contributed by atoms with van der Waals surface area (Å²) in [5.74, 6) is 1.32. The molecular formula is C27H36N2O3. The van der Waals surface area contributed by atoms with E-state index in [2.05, 4.69) is 24.4 Å². The van der Waals surface area contributed by atoms with Crippen molar-refractivity contribution in [3.05, 3.63) is 59.2 Å². The first-order valence-electron chi connectivity index (χ1n) is 12.0. The fraction of sp³-hybridized carbons (Fsp3) is 0.519. The zero-order chi connectivity index (χ0) is 22.7. The summed E-state index contributed by atoms with van der Waals surface area (Å²) in [5.41, 5.74) is 3.45. The van der Waals surface area contributed by atoms with E-state index in [-0.39, 0.29) is 29.7 Å². The minimum absolute atomic E-state index is 0.0219. The van der Waals surface area contributed by atoms with Crippen LogP contribution in [0.3, 0.4) is 0 Å². The first-order valence-corrected chi connectivity index (χ1v) is 12.0. The number of fused-ring (bicyclic) bond motifs is 1. The van der Waals surface area contributed by atoms with Crippen molar-refractivity contribution in [3.63, 3.8) is 0 Å².